The van der Waals surface area contributed by atoms with Crippen molar-refractivity contribution in [2.24, 2.45) is 0 Å². The van der Waals surface area contributed by atoms with Crippen LogP contribution in [0.25, 0.3) is 0 Å². The third-order valence-corrected chi connectivity index (χ3v) is 3.47. The number of rotatable bonds is 3. The largest absolute Gasteiger partial charge is 0.438 e. The lowest BCUT2D eigenvalue weighted by Crippen LogP contribution is -1.97. The summed E-state index contributed by atoms with van der Waals surface area (Å²) in [5, 5.41) is 9.36. The highest BCUT2D eigenvalue weighted by Crippen LogP contribution is 2.30. The molecule has 1 heterocycles. The van der Waals surface area contributed by atoms with Gasteiger partial charge in [-0.3, -0.25) is 0 Å². The molecule has 0 saturated carbocycles. The summed E-state index contributed by atoms with van der Waals surface area (Å²) in [5.41, 5.74) is 4.06. The first-order chi connectivity index (χ1) is 9.01. The van der Waals surface area contributed by atoms with Gasteiger partial charge in [0.1, 0.15) is 5.75 Å². The molecule has 2 aromatic rings. The second-order valence-electron chi connectivity index (χ2n) is 4.58. The van der Waals surface area contributed by atoms with Crippen molar-refractivity contribution in [2.75, 3.05) is 0 Å². The Kier molecular flexibility index (Phi) is 4.22. The third-order valence-electron chi connectivity index (χ3n) is 3.03. The monoisotopic (exact) mass is 321 g/mol. The van der Waals surface area contributed by atoms with Crippen LogP contribution >= 0.6 is 15.9 Å². The number of benzene rings is 1. The Morgan fingerprint density at radius 1 is 1.21 bits per heavy atom. The van der Waals surface area contributed by atoms with Crippen LogP contribution in [0, 0.1) is 20.8 Å². The van der Waals surface area contributed by atoms with E-state index in [1.165, 1.54) is 5.56 Å². The van der Waals surface area contributed by atoms with Gasteiger partial charge in [0.15, 0.2) is 0 Å². The molecule has 0 aliphatic carbocycles. The molecule has 19 heavy (non-hydrogen) atoms. The van der Waals surface area contributed by atoms with Gasteiger partial charge in [0, 0.05) is 16.2 Å². The molecular weight excluding hydrogens is 306 g/mol. The maximum absolute atomic E-state index is 9.36. The van der Waals surface area contributed by atoms with Crippen LogP contribution in [0.4, 0.5) is 0 Å². The average Bonchev–Trinajstić information content (AvgIpc) is 2.37. The number of nitrogens with zero attached hydrogens (tertiary/aromatic N) is 1. The molecule has 4 heteroatoms. The zero-order valence-corrected chi connectivity index (χ0v) is 12.8. The van der Waals surface area contributed by atoms with Gasteiger partial charge in [-0.25, -0.2) is 4.98 Å². The van der Waals surface area contributed by atoms with E-state index >= 15 is 0 Å². The molecule has 0 atom stereocenters. The Morgan fingerprint density at radius 2 is 1.95 bits per heavy atom. The Bertz CT molecular complexity index is 611. The lowest BCUT2D eigenvalue weighted by Gasteiger charge is -2.13. The number of pyridine rings is 1. The number of ether oxygens (including phenoxy) is 1. The van der Waals surface area contributed by atoms with Gasteiger partial charge in [0.25, 0.3) is 0 Å². The molecule has 0 aliphatic heterocycles. The molecule has 100 valence electrons. The molecule has 0 fully saturated rings. The van der Waals surface area contributed by atoms with Crippen molar-refractivity contribution < 1.29 is 9.84 Å². The van der Waals surface area contributed by atoms with E-state index in [-0.39, 0.29) is 6.61 Å². The van der Waals surface area contributed by atoms with Crippen LogP contribution < -0.4 is 4.74 Å². The second-order valence-corrected chi connectivity index (χ2v) is 5.50. The van der Waals surface area contributed by atoms with E-state index in [0.717, 1.165) is 21.3 Å². The molecule has 2 rings (SSSR count). The van der Waals surface area contributed by atoms with Crippen LogP contribution in [-0.2, 0) is 6.61 Å². The quantitative estimate of drug-likeness (QED) is 0.927. The number of hydrogen-bond acceptors (Lipinski definition) is 3. The van der Waals surface area contributed by atoms with Gasteiger partial charge in [-0.1, -0.05) is 6.07 Å². The van der Waals surface area contributed by atoms with E-state index in [4.69, 9.17) is 4.74 Å². The number of aromatic nitrogens is 1. The number of hydrogen-bond donors (Lipinski definition) is 1. The molecule has 1 aromatic carbocycles. The molecular formula is C15H16BrNO2. The van der Waals surface area contributed by atoms with Crippen LogP contribution in [-0.4, -0.2) is 10.1 Å². The van der Waals surface area contributed by atoms with Gasteiger partial charge in [-0.05, 0) is 65.5 Å². The fourth-order valence-electron chi connectivity index (χ4n) is 1.88. The van der Waals surface area contributed by atoms with Crippen LogP contribution in [0.15, 0.2) is 28.9 Å². The highest BCUT2D eigenvalue weighted by molar-refractivity contribution is 9.10. The molecule has 0 spiro atoms. The van der Waals surface area contributed by atoms with Crippen LogP contribution in [0.3, 0.4) is 0 Å². The van der Waals surface area contributed by atoms with Crippen molar-refractivity contribution in [3.8, 4) is 11.6 Å². The molecule has 0 aliphatic rings. The SMILES string of the molecule is Cc1cc(C)c(C)c(Oc2ncc(Br)cc2CO)c1. The average molecular weight is 322 g/mol. The first kappa shape index (κ1) is 14.0. The highest BCUT2D eigenvalue weighted by atomic mass is 79.9. The van der Waals surface area contributed by atoms with Gasteiger partial charge in [0.05, 0.1) is 6.61 Å². The topological polar surface area (TPSA) is 42.4 Å². The summed E-state index contributed by atoms with van der Waals surface area (Å²) in [6.07, 6.45) is 1.66. The molecule has 0 radical (unpaired) electrons. The first-order valence-electron chi connectivity index (χ1n) is 6.02. The Labute approximate surface area is 121 Å². The van der Waals surface area contributed by atoms with Crippen molar-refractivity contribution in [3.05, 3.63) is 51.1 Å². The summed E-state index contributed by atoms with van der Waals surface area (Å²) in [7, 11) is 0. The molecule has 3 nitrogen and oxygen atoms in total. The summed E-state index contributed by atoms with van der Waals surface area (Å²) in [6, 6.07) is 5.90. The third kappa shape index (κ3) is 3.14. The summed E-state index contributed by atoms with van der Waals surface area (Å²) in [4.78, 5) is 4.22. The Balaban J connectivity index is 2.41. The lowest BCUT2D eigenvalue weighted by atomic mass is 10.1. The second kappa shape index (κ2) is 5.72. The van der Waals surface area contributed by atoms with Crippen molar-refractivity contribution >= 4 is 15.9 Å². The van der Waals surface area contributed by atoms with E-state index in [0.29, 0.717) is 11.4 Å². The Hall–Kier alpha value is -1.39. The van der Waals surface area contributed by atoms with Gasteiger partial charge < -0.3 is 9.84 Å². The fourth-order valence-corrected chi connectivity index (χ4v) is 2.26. The van der Waals surface area contributed by atoms with Crippen LogP contribution in [0.2, 0.25) is 0 Å². The number of aliphatic hydroxyl groups is 1. The zero-order chi connectivity index (χ0) is 14.0. The predicted octanol–water partition coefficient (Wildman–Crippen LogP) is 4.05. The standard InChI is InChI=1S/C15H16BrNO2/c1-9-4-10(2)11(3)14(5-9)19-15-12(8-18)6-13(16)7-17-15/h4-7,18H,8H2,1-3H3. The first-order valence-corrected chi connectivity index (χ1v) is 6.81. The summed E-state index contributed by atoms with van der Waals surface area (Å²) in [5.74, 6) is 1.22. The minimum atomic E-state index is -0.106. The van der Waals surface area contributed by atoms with Crippen molar-refractivity contribution in [3.63, 3.8) is 0 Å². The van der Waals surface area contributed by atoms with Gasteiger partial charge in [-0.15, -0.1) is 0 Å². The maximum Gasteiger partial charge on any atom is 0.224 e. The number of halogens is 1. The fraction of sp³-hybridized carbons (Fsp3) is 0.267. The van der Waals surface area contributed by atoms with Gasteiger partial charge >= 0.3 is 0 Å². The minimum Gasteiger partial charge on any atom is -0.438 e. The summed E-state index contributed by atoms with van der Waals surface area (Å²) >= 11 is 3.33. The van der Waals surface area contributed by atoms with Crippen molar-refractivity contribution in [2.45, 2.75) is 27.4 Å². The van der Waals surface area contributed by atoms with Crippen LogP contribution in [0.1, 0.15) is 22.3 Å². The van der Waals surface area contributed by atoms with E-state index in [2.05, 4.69) is 33.9 Å². The normalized spacial score (nSPS) is 10.6. The molecule has 0 bridgehead atoms. The van der Waals surface area contributed by atoms with E-state index in [1.807, 2.05) is 19.9 Å². The van der Waals surface area contributed by atoms with E-state index < -0.39 is 0 Å². The molecule has 1 N–H and O–H groups in total. The smallest absolute Gasteiger partial charge is 0.224 e. The molecule has 0 saturated heterocycles. The highest BCUT2D eigenvalue weighted by Gasteiger charge is 2.10. The molecule has 1 aromatic heterocycles. The zero-order valence-electron chi connectivity index (χ0n) is 11.2. The minimum absolute atomic E-state index is 0.106. The number of aliphatic hydroxyl groups excluding tert-OH is 1. The van der Waals surface area contributed by atoms with Crippen molar-refractivity contribution in [1.29, 1.82) is 0 Å². The predicted molar refractivity (Wildman–Crippen MR) is 78.6 cm³/mol. The summed E-state index contributed by atoms with van der Waals surface area (Å²) < 4.78 is 6.68. The van der Waals surface area contributed by atoms with Gasteiger partial charge in [0.2, 0.25) is 5.88 Å². The lowest BCUT2D eigenvalue weighted by molar-refractivity contribution is 0.275. The Morgan fingerprint density at radius 3 is 2.63 bits per heavy atom. The van der Waals surface area contributed by atoms with E-state index in [1.54, 1.807) is 12.3 Å². The van der Waals surface area contributed by atoms with Gasteiger partial charge in [-0.2, -0.15) is 0 Å². The van der Waals surface area contributed by atoms with Crippen LogP contribution in [0.5, 0.6) is 11.6 Å². The van der Waals surface area contributed by atoms with Crippen molar-refractivity contribution in [1.82, 2.24) is 4.98 Å². The molecule has 0 unspecified atom stereocenters. The maximum atomic E-state index is 9.36. The molecule has 0 amide bonds. The van der Waals surface area contributed by atoms with E-state index in [9.17, 15) is 5.11 Å². The summed E-state index contributed by atoms with van der Waals surface area (Å²) in [6.45, 7) is 5.99. The number of aryl methyl sites for hydroxylation is 2.